The molecule has 1 aromatic carbocycles. The molecule has 1 amide bonds. The van der Waals surface area contributed by atoms with E-state index in [-0.39, 0.29) is 17.1 Å². The fourth-order valence-electron chi connectivity index (χ4n) is 2.21. The van der Waals surface area contributed by atoms with Crippen LogP contribution in [0.15, 0.2) is 18.2 Å². The first-order valence-electron chi connectivity index (χ1n) is 6.15. The molecule has 19 heavy (non-hydrogen) atoms. The Hall–Kier alpha value is -1.43. The average Bonchev–Trinajstić information content (AvgIpc) is 2.31. The van der Waals surface area contributed by atoms with Crippen molar-refractivity contribution in [3.05, 3.63) is 35.1 Å². The van der Waals surface area contributed by atoms with Gasteiger partial charge in [-0.15, -0.1) is 0 Å². The summed E-state index contributed by atoms with van der Waals surface area (Å²) in [7, 11) is -3.09. The average molecular weight is 285 g/mol. The van der Waals surface area contributed by atoms with Gasteiger partial charge in [-0.05, 0) is 31.9 Å². The molecule has 1 aliphatic heterocycles. The van der Waals surface area contributed by atoms with Crippen LogP contribution in [0.5, 0.6) is 0 Å². The number of halogens is 1. The minimum atomic E-state index is -3.09. The zero-order chi connectivity index (χ0) is 14.0. The quantitative estimate of drug-likeness (QED) is 0.894. The molecule has 0 saturated carbocycles. The van der Waals surface area contributed by atoms with Crippen LogP contribution in [-0.4, -0.2) is 31.9 Å². The number of aryl methyl sites for hydroxylation is 1. The predicted molar refractivity (Wildman–Crippen MR) is 70.3 cm³/mol. The second-order valence-corrected chi connectivity index (χ2v) is 7.14. The van der Waals surface area contributed by atoms with Crippen molar-refractivity contribution in [2.75, 3.05) is 11.5 Å². The van der Waals surface area contributed by atoms with Crippen molar-refractivity contribution in [1.29, 1.82) is 0 Å². The fourth-order valence-corrected chi connectivity index (χ4v) is 3.85. The van der Waals surface area contributed by atoms with Gasteiger partial charge >= 0.3 is 0 Å². The summed E-state index contributed by atoms with van der Waals surface area (Å²) in [5.74, 6) is -1.05. The van der Waals surface area contributed by atoms with E-state index in [2.05, 4.69) is 5.32 Å². The number of rotatable bonds is 2. The van der Waals surface area contributed by atoms with Crippen molar-refractivity contribution in [2.24, 2.45) is 0 Å². The van der Waals surface area contributed by atoms with Crippen LogP contribution in [0.1, 0.15) is 28.8 Å². The lowest BCUT2D eigenvalue weighted by atomic mass is 10.1. The molecule has 2 rings (SSSR count). The molecular weight excluding hydrogens is 269 g/mol. The molecule has 1 saturated heterocycles. The van der Waals surface area contributed by atoms with Crippen LogP contribution in [0.25, 0.3) is 0 Å². The van der Waals surface area contributed by atoms with Gasteiger partial charge in [0.2, 0.25) is 0 Å². The molecular formula is C13H16FNO3S. The van der Waals surface area contributed by atoms with Gasteiger partial charge in [-0.3, -0.25) is 4.79 Å². The summed E-state index contributed by atoms with van der Waals surface area (Å²) in [6, 6.07) is 3.85. The minimum Gasteiger partial charge on any atom is -0.348 e. The van der Waals surface area contributed by atoms with E-state index in [1.807, 2.05) is 0 Å². The van der Waals surface area contributed by atoms with E-state index >= 15 is 0 Å². The summed E-state index contributed by atoms with van der Waals surface area (Å²) >= 11 is 0. The monoisotopic (exact) mass is 285 g/mol. The van der Waals surface area contributed by atoms with Gasteiger partial charge in [0, 0.05) is 6.04 Å². The highest BCUT2D eigenvalue weighted by Crippen LogP contribution is 2.14. The third-order valence-electron chi connectivity index (χ3n) is 3.16. The van der Waals surface area contributed by atoms with E-state index in [4.69, 9.17) is 0 Å². The summed E-state index contributed by atoms with van der Waals surface area (Å²) in [4.78, 5) is 12.0. The zero-order valence-electron chi connectivity index (χ0n) is 10.6. The molecule has 104 valence electrons. The molecule has 1 unspecified atom stereocenters. The second kappa shape index (κ2) is 5.28. The normalized spacial score (nSPS) is 21.9. The summed E-state index contributed by atoms with van der Waals surface area (Å²) in [6.07, 6.45) is 1.14. The molecule has 0 spiro atoms. The Morgan fingerprint density at radius 2 is 2.16 bits per heavy atom. The van der Waals surface area contributed by atoms with Gasteiger partial charge in [-0.2, -0.15) is 0 Å². The molecule has 0 bridgehead atoms. The van der Waals surface area contributed by atoms with Crippen molar-refractivity contribution in [2.45, 2.75) is 25.8 Å². The molecule has 4 nitrogen and oxygen atoms in total. The molecule has 0 aromatic heterocycles. The first-order chi connectivity index (χ1) is 8.87. The van der Waals surface area contributed by atoms with E-state index in [1.165, 1.54) is 12.1 Å². The van der Waals surface area contributed by atoms with Gasteiger partial charge in [0.1, 0.15) is 5.82 Å². The summed E-state index contributed by atoms with van der Waals surface area (Å²) in [5, 5.41) is 2.60. The Morgan fingerprint density at radius 3 is 2.84 bits per heavy atom. The van der Waals surface area contributed by atoms with Crippen LogP contribution in [0.2, 0.25) is 0 Å². The summed E-state index contributed by atoms with van der Waals surface area (Å²) in [6.45, 7) is 1.77. The lowest BCUT2D eigenvalue weighted by Crippen LogP contribution is -2.43. The lowest BCUT2D eigenvalue weighted by molar-refractivity contribution is 0.0934. The molecule has 1 aliphatic rings. The molecule has 0 aliphatic carbocycles. The maximum Gasteiger partial charge on any atom is 0.254 e. The van der Waals surface area contributed by atoms with Crippen LogP contribution in [0.4, 0.5) is 4.39 Å². The number of benzene rings is 1. The highest BCUT2D eigenvalue weighted by molar-refractivity contribution is 7.91. The third kappa shape index (κ3) is 3.53. The van der Waals surface area contributed by atoms with E-state index in [9.17, 15) is 17.6 Å². The molecule has 1 N–H and O–H groups in total. The van der Waals surface area contributed by atoms with E-state index in [0.717, 1.165) is 5.56 Å². The van der Waals surface area contributed by atoms with Gasteiger partial charge in [0.25, 0.3) is 5.91 Å². The standard InChI is InChI=1S/C13H16FNO3S/c1-9-4-5-12(14)11(7-9)13(16)15-10-3-2-6-19(17,18)8-10/h4-5,7,10H,2-3,6,8H2,1H3,(H,15,16). The Labute approximate surface area is 111 Å². The van der Waals surface area contributed by atoms with E-state index in [0.29, 0.717) is 12.8 Å². The number of sulfone groups is 1. The fraction of sp³-hybridized carbons (Fsp3) is 0.462. The Kier molecular flexibility index (Phi) is 3.89. The van der Waals surface area contributed by atoms with Crippen molar-refractivity contribution < 1.29 is 17.6 Å². The first-order valence-corrected chi connectivity index (χ1v) is 7.97. The van der Waals surface area contributed by atoms with Crippen LogP contribution in [-0.2, 0) is 9.84 Å². The Bertz CT molecular complexity index is 598. The number of amides is 1. The van der Waals surface area contributed by atoms with Crippen LogP contribution >= 0.6 is 0 Å². The van der Waals surface area contributed by atoms with Gasteiger partial charge < -0.3 is 5.32 Å². The largest absolute Gasteiger partial charge is 0.348 e. The predicted octanol–water partition coefficient (Wildman–Crippen LogP) is 1.44. The zero-order valence-corrected chi connectivity index (χ0v) is 11.5. The summed E-state index contributed by atoms with van der Waals surface area (Å²) < 4.78 is 36.5. The molecule has 0 radical (unpaired) electrons. The van der Waals surface area contributed by atoms with Crippen molar-refractivity contribution in [1.82, 2.24) is 5.32 Å². The maximum absolute atomic E-state index is 13.5. The molecule has 6 heteroatoms. The van der Waals surface area contributed by atoms with Crippen molar-refractivity contribution in [3.8, 4) is 0 Å². The molecule has 1 heterocycles. The third-order valence-corrected chi connectivity index (χ3v) is 4.99. The Balaban J connectivity index is 2.11. The number of hydrogen-bond acceptors (Lipinski definition) is 3. The van der Waals surface area contributed by atoms with Crippen LogP contribution < -0.4 is 5.32 Å². The lowest BCUT2D eigenvalue weighted by Gasteiger charge is -2.23. The van der Waals surface area contributed by atoms with Gasteiger partial charge in [-0.1, -0.05) is 11.6 Å². The summed E-state index contributed by atoms with van der Waals surface area (Å²) in [5.41, 5.74) is 0.741. The number of carbonyl (C=O) groups excluding carboxylic acids is 1. The Morgan fingerprint density at radius 1 is 1.42 bits per heavy atom. The maximum atomic E-state index is 13.5. The van der Waals surface area contributed by atoms with Crippen LogP contribution in [0.3, 0.4) is 0 Å². The van der Waals surface area contributed by atoms with Gasteiger partial charge in [0.15, 0.2) is 9.84 Å². The van der Waals surface area contributed by atoms with Crippen molar-refractivity contribution >= 4 is 15.7 Å². The van der Waals surface area contributed by atoms with E-state index < -0.39 is 27.6 Å². The highest BCUT2D eigenvalue weighted by Gasteiger charge is 2.26. The molecule has 1 fully saturated rings. The number of nitrogens with one attached hydrogen (secondary N) is 1. The number of carbonyl (C=O) groups is 1. The minimum absolute atomic E-state index is 0.0389. The van der Waals surface area contributed by atoms with Gasteiger partial charge in [0.05, 0.1) is 17.1 Å². The topological polar surface area (TPSA) is 63.2 Å². The first kappa shape index (κ1) is 14.0. The van der Waals surface area contributed by atoms with Crippen molar-refractivity contribution in [3.63, 3.8) is 0 Å². The molecule has 1 atom stereocenters. The highest BCUT2D eigenvalue weighted by atomic mass is 32.2. The SMILES string of the molecule is Cc1ccc(F)c(C(=O)NC2CCCS(=O)(=O)C2)c1. The number of hydrogen-bond donors (Lipinski definition) is 1. The van der Waals surface area contributed by atoms with Gasteiger partial charge in [-0.25, -0.2) is 12.8 Å². The molecule has 1 aromatic rings. The van der Waals surface area contributed by atoms with E-state index in [1.54, 1.807) is 13.0 Å². The van der Waals surface area contributed by atoms with Crippen LogP contribution in [0, 0.1) is 12.7 Å². The second-order valence-electron chi connectivity index (χ2n) is 4.91. The smallest absolute Gasteiger partial charge is 0.254 e.